The van der Waals surface area contributed by atoms with Crippen LogP contribution >= 0.6 is 0 Å². The zero-order chi connectivity index (χ0) is 19.6. The summed E-state index contributed by atoms with van der Waals surface area (Å²) < 4.78 is 5.05. The Bertz CT molecular complexity index is 1050. The van der Waals surface area contributed by atoms with Crippen LogP contribution in [0.3, 0.4) is 0 Å². The first-order chi connectivity index (χ1) is 12.9. The number of fused-ring (bicyclic) bond motifs is 1. The molecule has 0 aliphatic heterocycles. The van der Waals surface area contributed by atoms with E-state index in [9.17, 15) is 9.59 Å². The topological polar surface area (TPSA) is 62.4 Å². The molecule has 0 aliphatic carbocycles. The molecule has 0 saturated carbocycles. The third-order valence-corrected chi connectivity index (χ3v) is 4.84. The summed E-state index contributed by atoms with van der Waals surface area (Å²) in [5, 5.41) is 0.940. The maximum atomic E-state index is 12.7. The molecule has 0 spiro atoms. The minimum Gasteiger partial charge on any atom is -0.375 e. The maximum Gasteiger partial charge on any atom is 0.253 e. The van der Waals surface area contributed by atoms with Crippen LogP contribution in [0.1, 0.15) is 22.3 Å². The quantitative estimate of drug-likeness (QED) is 0.752. The number of carbonyl (C=O) groups is 1. The number of amides is 1. The number of pyridine rings is 1. The van der Waals surface area contributed by atoms with E-state index in [1.165, 1.54) is 7.11 Å². The highest BCUT2D eigenvalue weighted by Gasteiger charge is 2.20. The number of anilines is 1. The zero-order valence-corrected chi connectivity index (χ0v) is 16.1. The number of H-pyrrole nitrogens is 1. The predicted octanol–water partition coefficient (Wildman–Crippen LogP) is 3.63. The number of hydrogen-bond acceptors (Lipinski definition) is 3. The second kappa shape index (κ2) is 7.76. The van der Waals surface area contributed by atoms with E-state index in [-0.39, 0.29) is 24.6 Å². The number of methoxy groups -OCH3 is 1. The number of aromatic amines is 1. The average Bonchev–Trinajstić information content (AvgIpc) is 2.63. The third-order valence-electron chi connectivity index (χ3n) is 4.84. The lowest BCUT2D eigenvalue weighted by molar-refractivity contribution is -0.122. The molecule has 0 radical (unpaired) electrons. The Kier molecular flexibility index (Phi) is 5.42. The number of aryl methyl sites for hydroxylation is 2. The van der Waals surface area contributed by atoms with Crippen LogP contribution in [-0.2, 0) is 16.1 Å². The van der Waals surface area contributed by atoms with Crippen molar-refractivity contribution in [2.24, 2.45) is 0 Å². The Balaban J connectivity index is 2.06. The molecule has 0 unspecified atom stereocenters. The van der Waals surface area contributed by atoms with E-state index in [0.717, 1.165) is 33.3 Å². The van der Waals surface area contributed by atoms with Crippen LogP contribution in [0.15, 0.2) is 47.3 Å². The van der Waals surface area contributed by atoms with Gasteiger partial charge >= 0.3 is 0 Å². The molecule has 140 valence electrons. The van der Waals surface area contributed by atoms with Gasteiger partial charge in [-0.25, -0.2) is 0 Å². The third kappa shape index (κ3) is 3.93. The van der Waals surface area contributed by atoms with Gasteiger partial charge in [0.2, 0.25) is 0 Å². The molecule has 5 heteroatoms. The van der Waals surface area contributed by atoms with Crippen molar-refractivity contribution in [3.8, 4) is 0 Å². The summed E-state index contributed by atoms with van der Waals surface area (Å²) in [6.45, 7) is 6.11. The number of nitrogens with zero attached hydrogens (tertiary/aromatic N) is 1. The first-order valence-electron chi connectivity index (χ1n) is 8.89. The lowest BCUT2D eigenvalue weighted by atomic mass is 10.1. The number of benzene rings is 2. The fourth-order valence-corrected chi connectivity index (χ4v) is 3.18. The van der Waals surface area contributed by atoms with Crippen molar-refractivity contribution in [1.29, 1.82) is 0 Å². The molecule has 2 aromatic carbocycles. The first kappa shape index (κ1) is 18.9. The van der Waals surface area contributed by atoms with Crippen molar-refractivity contribution >= 4 is 22.5 Å². The Hall–Kier alpha value is -2.92. The van der Waals surface area contributed by atoms with Gasteiger partial charge in [0.05, 0.1) is 6.54 Å². The number of rotatable bonds is 5. The molecular weight excluding hydrogens is 340 g/mol. The monoisotopic (exact) mass is 364 g/mol. The van der Waals surface area contributed by atoms with Gasteiger partial charge in [-0.15, -0.1) is 0 Å². The van der Waals surface area contributed by atoms with Gasteiger partial charge in [0.15, 0.2) is 0 Å². The smallest absolute Gasteiger partial charge is 0.253 e. The molecule has 3 aromatic rings. The Morgan fingerprint density at radius 1 is 1.11 bits per heavy atom. The standard InChI is InChI=1S/C22H24N2O3/c1-14-8-9-17-11-18(22(26)23-19(17)10-14)12-24(21(25)13-27-4)20-7-5-6-15(2)16(20)3/h5-11H,12-13H2,1-4H3,(H,23,26). The van der Waals surface area contributed by atoms with Crippen LogP contribution in [0.5, 0.6) is 0 Å². The minimum absolute atomic E-state index is 0.0436. The van der Waals surface area contributed by atoms with Gasteiger partial charge in [-0.2, -0.15) is 0 Å². The van der Waals surface area contributed by atoms with E-state index >= 15 is 0 Å². The number of hydrogen-bond donors (Lipinski definition) is 1. The van der Waals surface area contributed by atoms with Crippen molar-refractivity contribution in [3.05, 3.63) is 75.1 Å². The summed E-state index contributed by atoms with van der Waals surface area (Å²) >= 11 is 0. The zero-order valence-electron chi connectivity index (χ0n) is 16.1. The van der Waals surface area contributed by atoms with Crippen LogP contribution in [0, 0.1) is 20.8 Å². The summed E-state index contributed by atoms with van der Waals surface area (Å²) in [7, 11) is 1.49. The molecule has 5 nitrogen and oxygen atoms in total. The Morgan fingerprint density at radius 3 is 2.63 bits per heavy atom. The van der Waals surface area contributed by atoms with Crippen molar-refractivity contribution in [2.45, 2.75) is 27.3 Å². The highest BCUT2D eigenvalue weighted by atomic mass is 16.5. The molecule has 1 N–H and O–H groups in total. The number of aromatic nitrogens is 1. The summed E-state index contributed by atoms with van der Waals surface area (Å²) in [6, 6.07) is 13.6. The SMILES string of the molecule is COCC(=O)N(Cc1cc2ccc(C)cc2[nH]c1=O)c1cccc(C)c1C. The van der Waals surface area contributed by atoms with Gasteiger partial charge in [0, 0.05) is 23.9 Å². The fraction of sp³-hybridized carbons (Fsp3) is 0.273. The highest BCUT2D eigenvalue weighted by molar-refractivity contribution is 5.95. The van der Waals surface area contributed by atoms with E-state index in [2.05, 4.69) is 4.98 Å². The number of ether oxygens (including phenoxy) is 1. The van der Waals surface area contributed by atoms with Gasteiger partial charge in [0.25, 0.3) is 11.5 Å². The van der Waals surface area contributed by atoms with Gasteiger partial charge < -0.3 is 14.6 Å². The maximum absolute atomic E-state index is 12.7. The van der Waals surface area contributed by atoms with E-state index in [4.69, 9.17) is 4.74 Å². The molecule has 3 rings (SSSR count). The van der Waals surface area contributed by atoms with Crippen molar-refractivity contribution in [2.75, 3.05) is 18.6 Å². The van der Waals surface area contributed by atoms with E-state index in [0.29, 0.717) is 5.56 Å². The molecule has 0 bridgehead atoms. The normalized spacial score (nSPS) is 11.0. The summed E-state index contributed by atoms with van der Waals surface area (Å²) in [4.78, 5) is 29.9. The summed E-state index contributed by atoms with van der Waals surface area (Å²) in [5.41, 5.74) is 5.12. The predicted molar refractivity (Wildman–Crippen MR) is 108 cm³/mol. The second-order valence-electron chi connectivity index (χ2n) is 6.85. The average molecular weight is 364 g/mol. The summed E-state index contributed by atoms with van der Waals surface area (Å²) in [6.07, 6.45) is 0. The van der Waals surface area contributed by atoms with Gasteiger partial charge in [-0.1, -0.05) is 24.3 Å². The summed E-state index contributed by atoms with van der Waals surface area (Å²) in [5.74, 6) is -0.186. The van der Waals surface area contributed by atoms with Gasteiger partial charge in [0.1, 0.15) is 6.61 Å². The van der Waals surface area contributed by atoms with Crippen LogP contribution in [0.2, 0.25) is 0 Å². The van der Waals surface area contributed by atoms with Crippen LogP contribution in [0.4, 0.5) is 5.69 Å². The molecule has 0 saturated heterocycles. The number of carbonyl (C=O) groups excluding carboxylic acids is 1. The molecule has 0 atom stereocenters. The Morgan fingerprint density at radius 2 is 1.89 bits per heavy atom. The van der Waals surface area contributed by atoms with Gasteiger partial charge in [-0.3, -0.25) is 9.59 Å². The van der Waals surface area contributed by atoms with E-state index < -0.39 is 0 Å². The van der Waals surface area contributed by atoms with Gasteiger partial charge in [-0.05, 0) is 61.0 Å². The van der Waals surface area contributed by atoms with Crippen molar-refractivity contribution in [3.63, 3.8) is 0 Å². The van der Waals surface area contributed by atoms with Crippen molar-refractivity contribution < 1.29 is 9.53 Å². The lowest BCUT2D eigenvalue weighted by Crippen LogP contribution is -2.35. The molecule has 1 heterocycles. The molecule has 1 amide bonds. The molecular formula is C22H24N2O3. The second-order valence-corrected chi connectivity index (χ2v) is 6.85. The molecule has 27 heavy (non-hydrogen) atoms. The molecule has 0 aliphatic rings. The molecule has 1 aromatic heterocycles. The Labute approximate surface area is 158 Å². The van der Waals surface area contributed by atoms with E-state index in [1.807, 2.05) is 63.2 Å². The van der Waals surface area contributed by atoms with Crippen LogP contribution in [0.25, 0.3) is 10.9 Å². The van der Waals surface area contributed by atoms with Crippen molar-refractivity contribution in [1.82, 2.24) is 4.98 Å². The fourth-order valence-electron chi connectivity index (χ4n) is 3.18. The first-order valence-corrected chi connectivity index (χ1v) is 8.89. The molecule has 0 fully saturated rings. The van der Waals surface area contributed by atoms with Crippen LogP contribution < -0.4 is 10.5 Å². The highest BCUT2D eigenvalue weighted by Crippen LogP contribution is 2.25. The minimum atomic E-state index is -0.186. The largest absolute Gasteiger partial charge is 0.375 e. The number of nitrogens with one attached hydrogen (secondary N) is 1. The lowest BCUT2D eigenvalue weighted by Gasteiger charge is -2.25. The van der Waals surface area contributed by atoms with E-state index in [1.54, 1.807) is 4.90 Å². The van der Waals surface area contributed by atoms with Crippen LogP contribution in [-0.4, -0.2) is 24.6 Å².